The van der Waals surface area contributed by atoms with Gasteiger partial charge in [0.25, 0.3) is 0 Å². The van der Waals surface area contributed by atoms with Crippen molar-refractivity contribution in [3.63, 3.8) is 0 Å². The van der Waals surface area contributed by atoms with E-state index in [1.54, 1.807) is 26.8 Å². The average Bonchev–Trinajstić information content (AvgIpc) is 2.13. The second-order valence-electron chi connectivity index (χ2n) is 4.43. The van der Waals surface area contributed by atoms with E-state index in [1.165, 1.54) is 6.07 Å². The van der Waals surface area contributed by atoms with Crippen molar-refractivity contribution < 1.29 is 14.8 Å². The number of halogens is 1. The number of hydrogen-bond donors (Lipinski definition) is 1. The fourth-order valence-corrected chi connectivity index (χ4v) is 1.84. The fourth-order valence-electron chi connectivity index (χ4n) is 1.28. The molecule has 0 aromatic heterocycles. The minimum absolute atomic E-state index is 0.00366. The molecule has 1 aromatic carbocycles. The minimum Gasteiger partial charge on any atom is -0.484 e. The van der Waals surface area contributed by atoms with Gasteiger partial charge in [-0.2, -0.15) is 0 Å². The summed E-state index contributed by atoms with van der Waals surface area (Å²) in [5, 5.41) is 20.4. The first-order valence-electron chi connectivity index (χ1n) is 5.00. The number of ether oxygens (including phenoxy) is 1. The lowest BCUT2D eigenvalue weighted by molar-refractivity contribution is -0.386. The van der Waals surface area contributed by atoms with Crippen molar-refractivity contribution in [2.45, 2.75) is 26.4 Å². The van der Waals surface area contributed by atoms with Crippen LogP contribution in [0, 0.1) is 17.0 Å². The molecule has 6 heteroatoms. The maximum atomic E-state index is 10.9. The predicted octanol–water partition coefficient (Wildman–Crippen LogP) is 2.82. The second kappa shape index (κ2) is 5.01. The molecule has 1 N–H and O–H groups in total. The number of hydrogen-bond acceptors (Lipinski definition) is 4. The van der Waals surface area contributed by atoms with Crippen LogP contribution in [0.5, 0.6) is 5.75 Å². The van der Waals surface area contributed by atoms with Gasteiger partial charge in [0.1, 0.15) is 6.61 Å². The molecule has 0 saturated heterocycles. The Morgan fingerprint density at radius 2 is 2.12 bits per heavy atom. The van der Waals surface area contributed by atoms with Crippen molar-refractivity contribution in [3.05, 3.63) is 32.3 Å². The molecule has 0 heterocycles. The van der Waals surface area contributed by atoms with Gasteiger partial charge in [-0.15, -0.1) is 0 Å². The molecule has 17 heavy (non-hydrogen) atoms. The Kier molecular flexibility index (Phi) is 4.11. The molecular weight excluding hydrogens is 290 g/mol. The monoisotopic (exact) mass is 303 g/mol. The molecule has 0 atom stereocenters. The van der Waals surface area contributed by atoms with Crippen molar-refractivity contribution in [1.29, 1.82) is 0 Å². The highest BCUT2D eigenvalue weighted by molar-refractivity contribution is 9.10. The van der Waals surface area contributed by atoms with Gasteiger partial charge in [0.05, 0.1) is 10.5 Å². The molecule has 1 aromatic rings. The van der Waals surface area contributed by atoms with Crippen LogP contribution in [0.4, 0.5) is 5.69 Å². The third-order valence-corrected chi connectivity index (χ3v) is 2.44. The number of nitro benzene ring substituents is 1. The Balaban J connectivity index is 3.09. The van der Waals surface area contributed by atoms with Gasteiger partial charge in [-0.1, -0.05) is 15.9 Å². The van der Waals surface area contributed by atoms with Crippen LogP contribution in [-0.4, -0.2) is 22.2 Å². The van der Waals surface area contributed by atoms with Crippen LogP contribution in [-0.2, 0) is 0 Å². The summed E-state index contributed by atoms with van der Waals surface area (Å²) >= 11 is 3.20. The summed E-state index contributed by atoms with van der Waals surface area (Å²) in [6, 6.07) is 3.11. The number of rotatable bonds is 4. The smallest absolute Gasteiger partial charge is 0.312 e. The van der Waals surface area contributed by atoms with Crippen LogP contribution in [0.1, 0.15) is 19.4 Å². The summed E-state index contributed by atoms with van der Waals surface area (Å²) in [4.78, 5) is 10.4. The summed E-state index contributed by atoms with van der Waals surface area (Å²) in [6.07, 6.45) is 0. The third kappa shape index (κ3) is 3.98. The maximum absolute atomic E-state index is 10.9. The largest absolute Gasteiger partial charge is 0.484 e. The van der Waals surface area contributed by atoms with E-state index >= 15 is 0 Å². The predicted molar refractivity (Wildman–Crippen MR) is 67.3 cm³/mol. The molecule has 5 nitrogen and oxygen atoms in total. The zero-order valence-electron chi connectivity index (χ0n) is 9.86. The van der Waals surface area contributed by atoms with Crippen LogP contribution in [0.3, 0.4) is 0 Å². The molecule has 0 aliphatic heterocycles. The van der Waals surface area contributed by atoms with Gasteiger partial charge in [-0.25, -0.2) is 0 Å². The number of nitro groups is 1. The van der Waals surface area contributed by atoms with E-state index in [4.69, 9.17) is 4.74 Å². The van der Waals surface area contributed by atoms with Gasteiger partial charge in [0.15, 0.2) is 5.75 Å². The normalized spacial score (nSPS) is 11.4. The minimum atomic E-state index is -1.03. The Morgan fingerprint density at radius 1 is 1.53 bits per heavy atom. The van der Waals surface area contributed by atoms with Crippen LogP contribution < -0.4 is 4.74 Å². The molecule has 0 saturated carbocycles. The lowest BCUT2D eigenvalue weighted by Crippen LogP contribution is -2.28. The molecule has 0 spiro atoms. The Labute approximate surface area is 108 Å². The first-order chi connectivity index (χ1) is 7.70. The molecule has 0 aliphatic rings. The van der Waals surface area contributed by atoms with E-state index in [-0.39, 0.29) is 18.0 Å². The SMILES string of the molecule is Cc1cc(Br)cc([N+](=O)[O-])c1OCC(C)(C)O. The Morgan fingerprint density at radius 3 is 2.59 bits per heavy atom. The van der Waals surface area contributed by atoms with Gasteiger partial charge in [-0.3, -0.25) is 10.1 Å². The molecule has 0 bridgehead atoms. The van der Waals surface area contributed by atoms with E-state index in [0.29, 0.717) is 10.0 Å². The third-order valence-electron chi connectivity index (χ3n) is 1.99. The highest BCUT2D eigenvalue weighted by Gasteiger charge is 2.22. The molecule has 0 amide bonds. The number of aryl methyl sites for hydroxylation is 1. The summed E-state index contributed by atoms with van der Waals surface area (Å²) in [5.41, 5.74) is -0.496. The van der Waals surface area contributed by atoms with Crippen molar-refractivity contribution >= 4 is 21.6 Å². The van der Waals surface area contributed by atoms with Gasteiger partial charge in [0.2, 0.25) is 0 Å². The second-order valence-corrected chi connectivity index (χ2v) is 5.34. The molecule has 0 radical (unpaired) electrons. The summed E-state index contributed by atoms with van der Waals surface area (Å²) in [7, 11) is 0. The van der Waals surface area contributed by atoms with Crippen LogP contribution >= 0.6 is 15.9 Å². The molecular formula is C11H14BrNO4. The van der Waals surface area contributed by atoms with Crippen molar-refractivity contribution in [2.24, 2.45) is 0 Å². The molecule has 0 unspecified atom stereocenters. The van der Waals surface area contributed by atoms with Crippen molar-refractivity contribution in [2.75, 3.05) is 6.61 Å². The van der Waals surface area contributed by atoms with E-state index in [9.17, 15) is 15.2 Å². The highest BCUT2D eigenvalue weighted by Crippen LogP contribution is 2.34. The van der Waals surface area contributed by atoms with Gasteiger partial charge in [-0.05, 0) is 32.4 Å². The van der Waals surface area contributed by atoms with Crippen molar-refractivity contribution in [1.82, 2.24) is 0 Å². The average molecular weight is 304 g/mol. The van der Waals surface area contributed by atoms with Crippen LogP contribution in [0.2, 0.25) is 0 Å². The number of benzene rings is 1. The summed E-state index contributed by atoms with van der Waals surface area (Å²) in [6.45, 7) is 4.87. The van der Waals surface area contributed by atoms with Gasteiger partial charge < -0.3 is 9.84 Å². The number of aliphatic hydroxyl groups is 1. The maximum Gasteiger partial charge on any atom is 0.312 e. The zero-order chi connectivity index (χ0) is 13.2. The lowest BCUT2D eigenvalue weighted by Gasteiger charge is -2.18. The van der Waals surface area contributed by atoms with E-state index in [2.05, 4.69) is 15.9 Å². The standard InChI is InChI=1S/C11H14BrNO4/c1-7-4-8(12)5-9(13(15)16)10(7)17-6-11(2,3)14/h4-5,14H,6H2,1-3H3. The van der Waals surface area contributed by atoms with Crippen molar-refractivity contribution in [3.8, 4) is 5.75 Å². The first kappa shape index (κ1) is 13.9. The van der Waals surface area contributed by atoms with E-state index in [1.807, 2.05) is 0 Å². The topological polar surface area (TPSA) is 72.6 Å². The Bertz CT molecular complexity index is 440. The first-order valence-corrected chi connectivity index (χ1v) is 5.80. The van der Waals surface area contributed by atoms with Gasteiger partial charge in [0, 0.05) is 10.5 Å². The number of nitrogens with zero attached hydrogens (tertiary/aromatic N) is 1. The summed E-state index contributed by atoms with van der Waals surface area (Å²) < 4.78 is 5.96. The quantitative estimate of drug-likeness (QED) is 0.686. The zero-order valence-corrected chi connectivity index (χ0v) is 11.4. The molecule has 0 fully saturated rings. The fraction of sp³-hybridized carbons (Fsp3) is 0.455. The molecule has 1 rings (SSSR count). The highest BCUT2D eigenvalue weighted by atomic mass is 79.9. The molecule has 0 aliphatic carbocycles. The van der Waals surface area contributed by atoms with E-state index < -0.39 is 10.5 Å². The van der Waals surface area contributed by atoms with E-state index in [0.717, 1.165) is 0 Å². The van der Waals surface area contributed by atoms with Gasteiger partial charge >= 0.3 is 5.69 Å². The molecule has 94 valence electrons. The van der Waals surface area contributed by atoms with Crippen LogP contribution in [0.15, 0.2) is 16.6 Å². The summed E-state index contributed by atoms with van der Waals surface area (Å²) in [5.74, 6) is 0.195. The lowest BCUT2D eigenvalue weighted by atomic mass is 10.1. The Hall–Kier alpha value is -1.14. The van der Waals surface area contributed by atoms with Crippen LogP contribution in [0.25, 0.3) is 0 Å².